The smallest absolute Gasteiger partial charge is 0.416 e. The van der Waals surface area contributed by atoms with Gasteiger partial charge >= 0.3 is 6.18 Å². The number of aryl methyl sites for hydroxylation is 1. The number of aliphatic hydroxyl groups excluding tert-OH is 1. The molecule has 0 heterocycles. The zero-order valence-electron chi connectivity index (χ0n) is 18.8. The summed E-state index contributed by atoms with van der Waals surface area (Å²) in [5.74, 6) is -0.274. The van der Waals surface area contributed by atoms with Gasteiger partial charge in [-0.1, -0.05) is 36.4 Å². The molecule has 0 aliphatic carbocycles. The lowest BCUT2D eigenvalue weighted by molar-refractivity contribution is -0.137. The highest BCUT2D eigenvalue weighted by Crippen LogP contribution is 2.30. The van der Waals surface area contributed by atoms with Gasteiger partial charge < -0.3 is 15.6 Å². The van der Waals surface area contributed by atoms with E-state index in [-0.39, 0.29) is 18.9 Å². The summed E-state index contributed by atoms with van der Waals surface area (Å²) in [5, 5.41) is 10.6. The Bertz CT molecular complexity index is 1100. The fourth-order valence-corrected chi connectivity index (χ4v) is 3.58. The summed E-state index contributed by atoms with van der Waals surface area (Å²) in [4.78, 5) is 13.6. The Balaban J connectivity index is 1.68. The van der Waals surface area contributed by atoms with Gasteiger partial charge in [0.2, 0.25) is 5.91 Å². The molecule has 0 saturated heterocycles. The molecule has 1 unspecified atom stereocenters. The summed E-state index contributed by atoms with van der Waals surface area (Å²) in [7, 11) is 0. The first-order chi connectivity index (χ1) is 16.1. The lowest BCUT2D eigenvalue weighted by Gasteiger charge is -2.26. The quantitative estimate of drug-likeness (QED) is 0.454. The summed E-state index contributed by atoms with van der Waals surface area (Å²) in [6.07, 6.45) is -5.31. The average Bonchev–Trinajstić information content (AvgIpc) is 2.79. The Hall–Kier alpha value is -3.36. The van der Waals surface area contributed by atoms with Crippen LogP contribution in [0.5, 0.6) is 5.75 Å². The van der Waals surface area contributed by atoms with Crippen molar-refractivity contribution in [2.45, 2.75) is 32.3 Å². The van der Waals surface area contributed by atoms with E-state index in [1.165, 1.54) is 12.1 Å². The van der Waals surface area contributed by atoms with Crippen LogP contribution in [0.3, 0.4) is 0 Å². The third-order valence-electron chi connectivity index (χ3n) is 5.37. The number of nitrogens with zero attached hydrogens (tertiary/aromatic N) is 1. The molecule has 8 heteroatoms. The van der Waals surface area contributed by atoms with Crippen molar-refractivity contribution in [3.63, 3.8) is 0 Å². The van der Waals surface area contributed by atoms with Crippen molar-refractivity contribution in [2.24, 2.45) is 5.73 Å². The first kappa shape index (κ1) is 25.3. The molecule has 0 bridgehead atoms. The Morgan fingerprint density at radius 3 is 2.38 bits per heavy atom. The molecule has 1 amide bonds. The third-order valence-corrected chi connectivity index (χ3v) is 5.37. The van der Waals surface area contributed by atoms with Crippen molar-refractivity contribution in [1.82, 2.24) is 4.90 Å². The van der Waals surface area contributed by atoms with Gasteiger partial charge in [0.25, 0.3) is 0 Å². The molecule has 0 saturated carbocycles. The van der Waals surface area contributed by atoms with E-state index in [1.54, 1.807) is 18.2 Å². The number of benzene rings is 3. The maximum atomic E-state index is 12.7. The first-order valence-corrected chi connectivity index (χ1v) is 10.8. The van der Waals surface area contributed by atoms with Crippen molar-refractivity contribution in [2.75, 3.05) is 13.2 Å². The molecule has 34 heavy (non-hydrogen) atoms. The molecule has 0 fully saturated rings. The van der Waals surface area contributed by atoms with Gasteiger partial charge in [0.15, 0.2) is 0 Å². The molecular weight excluding hydrogens is 445 g/mol. The van der Waals surface area contributed by atoms with Gasteiger partial charge in [-0.2, -0.15) is 13.2 Å². The van der Waals surface area contributed by atoms with Gasteiger partial charge in [-0.3, -0.25) is 9.69 Å². The predicted octanol–water partition coefficient (Wildman–Crippen LogP) is 4.55. The minimum absolute atomic E-state index is 0.0863. The molecule has 3 rings (SSSR count). The minimum Gasteiger partial charge on any atom is -0.491 e. The fraction of sp³-hybridized carbons (Fsp3) is 0.269. The van der Waals surface area contributed by atoms with Crippen molar-refractivity contribution in [3.05, 3.63) is 101 Å². The van der Waals surface area contributed by atoms with E-state index in [0.717, 1.165) is 28.8 Å². The highest BCUT2D eigenvalue weighted by Gasteiger charge is 2.30. The van der Waals surface area contributed by atoms with Crippen LogP contribution < -0.4 is 10.5 Å². The van der Waals surface area contributed by atoms with E-state index in [9.17, 15) is 23.1 Å². The van der Waals surface area contributed by atoms with Gasteiger partial charge in [0.1, 0.15) is 18.5 Å². The number of aliphatic hydroxyl groups is 1. The van der Waals surface area contributed by atoms with Gasteiger partial charge in [-0.25, -0.2) is 0 Å². The third kappa shape index (κ3) is 7.33. The molecule has 0 aliphatic heterocycles. The first-order valence-electron chi connectivity index (χ1n) is 10.8. The highest BCUT2D eigenvalue weighted by atomic mass is 19.4. The Morgan fingerprint density at radius 2 is 1.74 bits per heavy atom. The van der Waals surface area contributed by atoms with Gasteiger partial charge in [-0.15, -0.1) is 0 Å². The Kier molecular flexibility index (Phi) is 8.31. The van der Waals surface area contributed by atoms with Crippen LogP contribution >= 0.6 is 0 Å². The van der Waals surface area contributed by atoms with E-state index in [0.29, 0.717) is 18.7 Å². The molecule has 1 atom stereocenters. The standard InChI is InChI=1S/C26H27F3N2O3/c1-18-5-2-3-7-21(18)15-31(14-19-6-4-8-20(13-19)25(30)33)16-23(32)17-34-24-11-9-22(10-12-24)26(27,28)29/h2-13,23,32H,14-17H2,1H3,(H2,30,33). The van der Waals surface area contributed by atoms with Crippen LogP contribution in [0.2, 0.25) is 0 Å². The van der Waals surface area contributed by atoms with Crippen molar-refractivity contribution < 1.29 is 27.8 Å². The lowest BCUT2D eigenvalue weighted by atomic mass is 10.1. The van der Waals surface area contributed by atoms with E-state index >= 15 is 0 Å². The van der Waals surface area contributed by atoms with E-state index in [1.807, 2.05) is 42.2 Å². The zero-order valence-corrected chi connectivity index (χ0v) is 18.8. The summed E-state index contributed by atoms with van der Waals surface area (Å²) in [6, 6.07) is 19.3. The summed E-state index contributed by atoms with van der Waals surface area (Å²) in [5.41, 5.74) is 8.09. The van der Waals surface area contributed by atoms with Crippen LogP contribution in [0.4, 0.5) is 13.2 Å². The molecule has 3 N–H and O–H groups in total. The SMILES string of the molecule is Cc1ccccc1CN(Cc1cccc(C(N)=O)c1)CC(O)COc1ccc(C(F)(F)F)cc1. The van der Waals surface area contributed by atoms with Gasteiger partial charge in [0.05, 0.1) is 5.56 Å². The lowest BCUT2D eigenvalue weighted by Crippen LogP contribution is -2.35. The largest absolute Gasteiger partial charge is 0.491 e. The van der Waals surface area contributed by atoms with Crippen LogP contribution in [0, 0.1) is 6.92 Å². The monoisotopic (exact) mass is 472 g/mol. The highest BCUT2D eigenvalue weighted by molar-refractivity contribution is 5.92. The Morgan fingerprint density at radius 1 is 1.03 bits per heavy atom. The van der Waals surface area contributed by atoms with Crippen LogP contribution in [0.25, 0.3) is 0 Å². The molecular formula is C26H27F3N2O3. The number of halogens is 3. The number of nitrogens with two attached hydrogens (primary N) is 1. The van der Waals surface area contributed by atoms with Crippen LogP contribution in [0.15, 0.2) is 72.8 Å². The molecule has 0 aliphatic rings. The molecule has 0 aromatic heterocycles. The molecule has 180 valence electrons. The van der Waals surface area contributed by atoms with Crippen molar-refractivity contribution >= 4 is 5.91 Å². The van der Waals surface area contributed by atoms with Crippen LogP contribution in [-0.4, -0.2) is 35.2 Å². The van der Waals surface area contributed by atoms with E-state index in [4.69, 9.17) is 10.5 Å². The zero-order chi connectivity index (χ0) is 24.7. The number of hydrogen-bond acceptors (Lipinski definition) is 4. The topological polar surface area (TPSA) is 75.8 Å². The number of ether oxygens (including phenoxy) is 1. The number of rotatable bonds is 10. The number of carbonyl (C=O) groups excluding carboxylic acids is 1. The Labute approximate surface area is 196 Å². The molecule has 0 spiro atoms. The van der Waals surface area contributed by atoms with Crippen molar-refractivity contribution in [3.8, 4) is 5.75 Å². The maximum Gasteiger partial charge on any atom is 0.416 e. The van der Waals surface area contributed by atoms with Crippen LogP contribution in [0.1, 0.15) is 32.6 Å². The number of amides is 1. The normalized spacial score (nSPS) is 12.5. The second-order valence-corrected chi connectivity index (χ2v) is 8.15. The maximum absolute atomic E-state index is 12.7. The summed E-state index contributed by atoms with van der Waals surface area (Å²) >= 11 is 0. The second-order valence-electron chi connectivity index (χ2n) is 8.15. The summed E-state index contributed by atoms with van der Waals surface area (Å²) < 4.78 is 43.7. The van der Waals surface area contributed by atoms with Gasteiger partial charge in [-0.05, 0) is 60.0 Å². The number of carbonyl (C=O) groups is 1. The van der Waals surface area contributed by atoms with Gasteiger partial charge in [0, 0.05) is 25.2 Å². The minimum atomic E-state index is -4.42. The molecule has 3 aromatic rings. The van der Waals surface area contributed by atoms with E-state index in [2.05, 4.69) is 0 Å². The molecule has 0 radical (unpaired) electrons. The average molecular weight is 473 g/mol. The summed E-state index contributed by atoms with van der Waals surface area (Å²) in [6.45, 7) is 3.16. The predicted molar refractivity (Wildman–Crippen MR) is 123 cm³/mol. The fourth-order valence-electron chi connectivity index (χ4n) is 3.58. The molecule has 3 aromatic carbocycles. The van der Waals surface area contributed by atoms with Crippen molar-refractivity contribution in [1.29, 1.82) is 0 Å². The number of primary amides is 1. The van der Waals surface area contributed by atoms with Crippen LogP contribution in [-0.2, 0) is 19.3 Å². The number of hydrogen-bond donors (Lipinski definition) is 2. The molecule has 5 nitrogen and oxygen atoms in total. The van der Waals surface area contributed by atoms with E-state index < -0.39 is 23.8 Å². The number of alkyl halides is 3. The second kappa shape index (κ2) is 11.2.